The number of benzene rings is 2. The predicted octanol–water partition coefficient (Wildman–Crippen LogP) is 3.52. The molecule has 27 heavy (non-hydrogen) atoms. The first-order valence-electron chi connectivity index (χ1n) is 8.36. The van der Waals surface area contributed by atoms with Gasteiger partial charge in [0, 0.05) is 23.1 Å². The Labute approximate surface area is 167 Å². The van der Waals surface area contributed by atoms with Gasteiger partial charge in [0.15, 0.2) is 6.61 Å². The molecule has 0 spiro atoms. The second kappa shape index (κ2) is 9.25. The van der Waals surface area contributed by atoms with Crippen LogP contribution in [0.3, 0.4) is 0 Å². The Balaban J connectivity index is 2.14. The van der Waals surface area contributed by atoms with Crippen molar-refractivity contribution in [1.29, 1.82) is 0 Å². The summed E-state index contributed by atoms with van der Waals surface area (Å²) < 4.78 is 32.1. The van der Waals surface area contributed by atoms with E-state index in [1.165, 1.54) is 28.6 Å². The molecular formula is C19H20BrNO5S. The Kier molecular flexibility index (Phi) is 7.29. The number of hydrogen-bond donors (Lipinski definition) is 0. The molecule has 0 aromatic heterocycles. The van der Waals surface area contributed by atoms with Gasteiger partial charge >= 0.3 is 5.97 Å². The summed E-state index contributed by atoms with van der Waals surface area (Å²) in [4.78, 5) is 24.5. The van der Waals surface area contributed by atoms with Crippen LogP contribution in [0, 0.1) is 0 Å². The Morgan fingerprint density at radius 1 is 1.04 bits per heavy atom. The van der Waals surface area contributed by atoms with Crippen LogP contribution in [-0.4, -0.2) is 44.2 Å². The molecule has 0 aliphatic carbocycles. The molecule has 0 saturated carbocycles. The summed E-state index contributed by atoms with van der Waals surface area (Å²) in [6.07, 6.45) is 0. The molecule has 2 rings (SSSR count). The quantitative estimate of drug-likeness (QED) is 0.451. The fourth-order valence-corrected chi connectivity index (χ4v) is 4.49. The maximum absolute atomic E-state index is 12.6. The van der Waals surface area contributed by atoms with E-state index >= 15 is 0 Å². The number of sulfonamides is 1. The number of halogens is 1. The second-order valence-corrected chi connectivity index (χ2v) is 8.39. The van der Waals surface area contributed by atoms with E-state index in [0.29, 0.717) is 23.1 Å². The summed E-state index contributed by atoms with van der Waals surface area (Å²) in [6, 6.07) is 12.4. The molecular weight excluding hydrogens is 434 g/mol. The van der Waals surface area contributed by atoms with Crippen LogP contribution in [0.5, 0.6) is 0 Å². The molecule has 2 aromatic rings. The maximum atomic E-state index is 12.6. The maximum Gasteiger partial charge on any atom is 0.338 e. The molecule has 8 heteroatoms. The summed E-state index contributed by atoms with van der Waals surface area (Å²) >= 11 is 3.27. The first-order chi connectivity index (χ1) is 12.8. The Bertz CT molecular complexity index is 939. The molecule has 0 amide bonds. The number of Topliss-reactive ketones (excluding diaryl/α,β-unsaturated/α-hetero) is 1. The molecule has 0 unspecified atom stereocenters. The Hall–Kier alpha value is -2.03. The molecule has 0 atom stereocenters. The minimum Gasteiger partial charge on any atom is -0.454 e. The van der Waals surface area contributed by atoms with E-state index in [-0.39, 0.29) is 16.2 Å². The summed E-state index contributed by atoms with van der Waals surface area (Å²) in [5.41, 5.74) is 0.478. The molecule has 0 N–H and O–H groups in total. The van der Waals surface area contributed by atoms with Crippen LogP contribution >= 0.6 is 15.9 Å². The van der Waals surface area contributed by atoms with Crippen molar-refractivity contribution in [2.24, 2.45) is 0 Å². The molecule has 0 radical (unpaired) electrons. The lowest BCUT2D eigenvalue weighted by molar-refractivity contribution is 0.0474. The van der Waals surface area contributed by atoms with Gasteiger partial charge in [-0.15, -0.1) is 0 Å². The Morgan fingerprint density at radius 3 is 2.33 bits per heavy atom. The third-order valence-corrected chi connectivity index (χ3v) is 6.66. The number of esters is 1. The van der Waals surface area contributed by atoms with Crippen molar-refractivity contribution in [3.63, 3.8) is 0 Å². The number of carbonyl (C=O) groups is 2. The largest absolute Gasteiger partial charge is 0.454 e. The topological polar surface area (TPSA) is 80.8 Å². The molecule has 0 saturated heterocycles. The fraction of sp³-hybridized carbons (Fsp3) is 0.263. The Morgan fingerprint density at radius 2 is 1.70 bits per heavy atom. The van der Waals surface area contributed by atoms with Crippen LogP contribution in [0.25, 0.3) is 0 Å². The normalized spacial score (nSPS) is 11.4. The lowest BCUT2D eigenvalue weighted by Gasteiger charge is -2.18. The van der Waals surface area contributed by atoms with E-state index in [0.717, 1.165) is 0 Å². The molecule has 0 bridgehead atoms. The summed E-state index contributed by atoms with van der Waals surface area (Å²) in [5, 5.41) is 0. The van der Waals surface area contributed by atoms with Gasteiger partial charge in [0.1, 0.15) is 0 Å². The molecule has 0 heterocycles. The van der Waals surface area contributed by atoms with Gasteiger partial charge < -0.3 is 4.74 Å². The minimum atomic E-state index is -3.68. The number of ether oxygens (including phenoxy) is 1. The SMILES string of the molecule is CCN(CC)S(=O)(=O)c1cccc(C(=O)OCC(=O)c2ccccc2Br)c1. The second-order valence-electron chi connectivity index (χ2n) is 5.60. The average molecular weight is 454 g/mol. The minimum absolute atomic E-state index is 0.0118. The number of carbonyl (C=O) groups excluding carboxylic acids is 2. The van der Waals surface area contributed by atoms with Crippen LogP contribution in [0.15, 0.2) is 57.9 Å². The van der Waals surface area contributed by atoms with E-state index in [9.17, 15) is 18.0 Å². The fourth-order valence-electron chi connectivity index (χ4n) is 2.48. The summed E-state index contributed by atoms with van der Waals surface area (Å²) in [7, 11) is -3.68. The molecule has 2 aromatic carbocycles. The van der Waals surface area contributed by atoms with Crippen LogP contribution in [0.1, 0.15) is 34.6 Å². The monoisotopic (exact) mass is 453 g/mol. The van der Waals surface area contributed by atoms with Gasteiger partial charge in [-0.2, -0.15) is 4.31 Å². The van der Waals surface area contributed by atoms with Crippen molar-refractivity contribution in [2.45, 2.75) is 18.7 Å². The van der Waals surface area contributed by atoms with Gasteiger partial charge in [-0.25, -0.2) is 13.2 Å². The molecule has 6 nitrogen and oxygen atoms in total. The number of rotatable bonds is 8. The highest BCUT2D eigenvalue weighted by molar-refractivity contribution is 9.10. The summed E-state index contributed by atoms with van der Waals surface area (Å²) in [6.45, 7) is 3.70. The van der Waals surface area contributed by atoms with E-state index < -0.39 is 22.6 Å². The van der Waals surface area contributed by atoms with E-state index in [1.54, 1.807) is 38.1 Å². The summed E-state index contributed by atoms with van der Waals surface area (Å²) in [5.74, 6) is -1.12. The van der Waals surface area contributed by atoms with Gasteiger partial charge in [0.25, 0.3) is 0 Å². The number of hydrogen-bond acceptors (Lipinski definition) is 5. The predicted molar refractivity (Wildman–Crippen MR) is 105 cm³/mol. The third-order valence-electron chi connectivity index (χ3n) is 3.92. The number of ketones is 1. The first-order valence-corrected chi connectivity index (χ1v) is 10.6. The standard InChI is InChI=1S/C19H20BrNO5S/c1-3-21(4-2)27(24,25)15-9-7-8-14(12-15)19(23)26-13-18(22)16-10-5-6-11-17(16)20/h5-12H,3-4,13H2,1-2H3. The van der Waals surface area contributed by atoms with Crippen LogP contribution < -0.4 is 0 Å². The smallest absolute Gasteiger partial charge is 0.338 e. The van der Waals surface area contributed by atoms with Crippen molar-refractivity contribution in [1.82, 2.24) is 4.31 Å². The highest BCUT2D eigenvalue weighted by Crippen LogP contribution is 2.19. The van der Waals surface area contributed by atoms with Crippen molar-refractivity contribution >= 4 is 37.7 Å². The van der Waals surface area contributed by atoms with Crippen molar-refractivity contribution in [2.75, 3.05) is 19.7 Å². The van der Waals surface area contributed by atoms with Gasteiger partial charge in [0.2, 0.25) is 15.8 Å². The third kappa shape index (κ3) is 5.03. The van der Waals surface area contributed by atoms with Crippen LogP contribution in [0.4, 0.5) is 0 Å². The van der Waals surface area contributed by atoms with Gasteiger partial charge in [0.05, 0.1) is 10.5 Å². The van der Waals surface area contributed by atoms with E-state index in [4.69, 9.17) is 4.74 Å². The highest BCUT2D eigenvalue weighted by Gasteiger charge is 2.23. The lowest BCUT2D eigenvalue weighted by Crippen LogP contribution is -2.30. The van der Waals surface area contributed by atoms with Crippen LogP contribution in [0.2, 0.25) is 0 Å². The molecule has 0 aliphatic heterocycles. The van der Waals surface area contributed by atoms with Crippen molar-refractivity contribution in [3.8, 4) is 0 Å². The van der Waals surface area contributed by atoms with Crippen molar-refractivity contribution in [3.05, 3.63) is 64.1 Å². The first kappa shape index (κ1) is 21.3. The number of nitrogens with zero attached hydrogens (tertiary/aromatic N) is 1. The average Bonchev–Trinajstić information content (AvgIpc) is 2.67. The molecule has 144 valence electrons. The van der Waals surface area contributed by atoms with Crippen LogP contribution in [-0.2, 0) is 14.8 Å². The van der Waals surface area contributed by atoms with Gasteiger partial charge in [-0.05, 0) is 24.3 Å². The zero-order valence-corrected chi connectivity index (χ0v) is 17.4. The van der Waals surface area contributed by atoms with Crippen molar-refractivity contribution < 1.29 is 22.7 Å². The van der Waals surface area contributed by atoms with Gasteiger partial charge in [-0.3, -0.25) is 4.79 Å². The molecule has 0 aliphatic rings. The van der Waals surface area contributed by atoms with E-state index in [2.05, 4.69) is 15.9 Å². The zero-order valence-electron chi connectivity index (χ0n) is 15.0. The zero-order chi connectivity index (χ0) is 20.0. The molecule has 0 fully saturated rings. The van der Waals surface area contributed by atoms with E-state index in [1.807, 2.05) is 0 Å². The lowest BCUT2D eigenvalue weighted by atomic mass is 10.1. The van der Waals surface area contributed by atoms with Gasteiger partial charge in [-0.1, -0.05) is 54.0 Å². The highest BCUT2D eigenvalue weighted by atomic mass is 79.9.